The fraction of sp³-hybridized carbons (Fsp3) is 0.231. The lowest BCUT2D eigenvalue weighted by Gasteiger charge is -2.17. The van der Waals surface area contributed by atoms with Crippen LogP contribution < -0.4 is 5.73 Å². The van der Waals surface area contributed by atoms with Crippen LogP contribution in [0.4, 0.5) is 5.69 Å². The van der Waals surface area contributed by atoms with Crippen molar-refractivity contribution < 1.29 is 4.79 Å². The zero-order valence-corrected chi connectivity index (χ0v) is 12.4. The van der Waals surface area contributed by atoms with Gasteiger partial charge in [0, 0.05) is 31.3 Å². The molecule has 2 rings (SSSR count). The maximum atomic E-state index is 12.2. The lowest BCUT2D eigenvalue weighted by Crippen LogP contribution is -2.27. The van der Waals surface area contributed by atoms with E-state index in [4.69, 9.17) is 5.73 Å². The van der Waals surface area contributed by atoms with E-state index in [9.17, 15) is 4.79 Å². The molecule has 0 aliphatic carbocycles. The number of aryl methyl sites for hydroxylation is 1. The Hall–Kier alpha value is -1.82. The van der Waals surface area contributed by atoms with Crippen LogP contribution in [0.15, 0.2) is 34.9 Å². The SMILES string of the molecule is CN(Cc1ccccc1Br)C(=O)c1nn(C)cc1N. The van der Waals surface area contributed by atoms with Crippen molar-refractivity contribution >= 4 is 27.5 Å². The highest BCUT2D eigenvalue weighted by Gasteiger charge is 2.18. The molecule has 19 heavy (non-hydrogen) atoms. The third kappa shape index (κ3) is 2.96. The van der Waals surface area contributed by atoms with Gasteiger partial charge in [-0.25, -0.2) is 0 Å². The van der Waals surface area contributed by atoms with Crippen LogP contribution in [-0.2, 0) is 13.6 Å². The van der Waals surface area contributed by atoms with E-state index in [1.54, 1.807) is 25.2 Å². The van der Waals surface area contributed by atoms with Gasteiger partial charge in [0.25, 0.3) is 5.91 Å². The van der Waals surface area contributed by atoms with E-state index in [1.165, 1.54) is 4.68 Å². The van der Waals surface area contributed by atoms with Crippen LogP contribution in [0, 0.1) is 0 Å². The van der Waals surface area contributed by atoms with E-state index in [2.05, 4.69) is 21.0 Å². The Morgan fingerprint density at radius 1 is 1.47 bits per heavy atom. The molecule has 0 atom stereocenters. The molecular weight excluding hydrogens is 308 g/mol. The van der Waals surface area contributed by atoms with Crippen LogP contribution in [0.5, 0.6) is 0 Å². The van der Waals surface area contributed by atoms with Gasteiger partial charge in [-0.1, -0.05) is 34.1 Å². The van der Waals surface area contributed by atoms with Crippen LogP contribution in [0.25, 0.3) is 0 Å². The summed E-state index contributed by atoms with van der Waals surface area (Å²) >= 11 is 3.47. The molecule has 2 N–H and O–H groups in total. The molecule has 0 bridgehead atoms. The Labute approximate surface area is 120 Å². The first kappa shape index (κ1) is 13.6. The number of halogens is 1. The van der Waals surface area contributed by atoms with Gasteiger partial charge < -0.3 is 10.6 Å². The predicted molar refractivity (Wildman–Crippen MR) is 77.6 cm³/mol. The smallest absolute Gasteiger partial charge is 0.276 e. The number of amides is 1. The second-order valence-corrected chi connectivity index (χ2v) is 5.21. The summed E-state index contributed by atoms with van der Waals surface area (Å²) < 4.78 is 2.51. The third-order valence-corrected chi connectivity index (χ3v) is 3.55. The molecule has 1 amide bonds. The van der Waals surface area contributed by atoms with E-state index in [0.717, 1.165) is 10.0 Å². The molecule has 100 valence electrons. The second-order valence-electron chi connectivity index (χ2n) is 4.36. The van der Waals surface area contributed by atoms with E-state index >= 15 is 0 Å². The number of nitrogens with two attached hydrogens (primary N) is 1. The minimum Gasteiger partial charge on any atom is -0.396 e. The van der Waals surface area contributed by atoms with Crippen LogP contribution in [0.3, 0.4) is 0 Å². The van der Waals surface area contributed by atoms with Gasteiger partial charge in [-0.05, 0) is 11.6 Å². The molecular formula is C13H15BrN4O. The second kappa shape index (κ2) is 5.44. The number of carbonyl (C=O) groups excluding carboxylic acids is 1. The monoisotopic (exact) mass is 322 g/mol. The van der Waals surface area contributed by atoms with Crippen LogP contribution in [-0.4, -0.2) is 27.6 Å². The molecule has 0 spiro atoms. The standard InChI is InChI=1S/C13H15BrN4O/c1-17(7-9-5-3-4-6-10(9)14)13(19)12-11(15)8-18(2)16-12/h3-6,8H,7,15H2,1-2H3. The molecule has 0 radical (unpaired) electrons. The highest BCUT2D eigenvalue weighted by molar-refractivity contribution is 9.10. The molecule has 0 aliphatic rings. The van der Waals surface area contributed by atoms with Crippen molar-refractivity contribution in [3.63, 3.8) is 0 Å². The van der Waals surface area contributed by atoms with Crippen molar-refractivity contribution in [1.29, 1.82) is 0 Å². The molecule has 5 nitrogen and oxygen atoms in total. The topological polar surface area (TPSA) is 64.2 Å². The first-order valence-corrected chi connectivity index (χ1v) is 6.56. The highest BCUT2D eigenvalue weighted by Crippen LogP contribution is 2.19. The number of aromatic nitrogens is 2. The van der Waals surface area contributed by atoms with Crippen LogP contribution >= 0.6 is 15.9 Å². The number of nitrogen functional groups attached to an aromatic ring is 1. The van der Waals surface area contributed by atoms with Gasteiger partial charge in [-0.3, -0.25) is 9.48 Å². The summed E-state index contributed by atoms with van der Waals surface area (Å²) in [7, 11) is 3.47. The average Bonchev–Trinajstić information content (AvgIpc) is 2.70. The molecule has 1 heterocycles. The maximum absolute atomic E-state index is 12.2. The summed E-state index contributed by atoms with van der Waals surface area (Å²) in [6.07, 6.45) is 1.62. The zero-order chi connectivity index (χ0) is 14.0. The summed E-state index contributed by atoms with van der Waals surface area (Å²) in [4.78, 5) is 13.8. The third-order valence-electron chi connectivity index (χ3n) is 2.77. The molecule has 0 aliphatic heterocycles. The minimum atomic E-state index is -0.186. The van der Waals surface area contributed by atoms with E-state index < -0.39 is 0 Å². The fourth-order valence-corrected chi connectivity index (χ4v) is 2.22. The number of benzene rings is 1. The lowest BCUT2D eigenvalue weighted by atomic mass is 10.2. The van der Waals surface area contributed by atoms with Gasteiger partial charge in [-0.15, -0.1) is 0 Å². The molecule has 0 saturated heterocycles. The normalized spacial score (nSPS) is 10.5. The first-order chi connectivity index (χ1) is 8.99. The molecule has 1 aromatic heterocycles. The first-order valence-electron chi connectivity index (χ1n) is 5.77. The van der Waals surface area contributed by atoms with E-state index in [0.29, 0.717) is 12.2 Å². The van der Waals surface area contributed by atoms with Crippen molar-refractivity contribution in [2.45, 2.75) is 6.54 Å². The number of nitrogens with zero attached hydrogens (tertiary/aromatic N) is 3. The van der Waals surface area contributed by atoms with Gasteiger partial charge in [0.05, 0.1) is 5.69 Å². The minimum absolute atomic E-state index is 0.186. The molecule has 2 aromatic rings. The summed E-state index contributed by atoms with van der Waals surface area (Å²) in [5.74, 6) is -0.186. The number of carbonyl (C=O) groups is 1. The molecule has 6 heteroatoms. The number of rotatable bonds is 3. The molecule has 0 saturated carbocycles. The summed E-state index contributed by atoms with van der Waals surface area (Å²) in [6, 6.07) is 7.79. The van der Waals surface area contributed by atoms with E-state index in [-0.39, 0.29) is 11.6 Å². The van der Waals surface area contributed by atoms with Crippen LogP contribution in [0.2, 0.25) is 0 Å². The van der Waals surface area contributed by atoms with Gasteiger partial charge in [0.1, 0.15) is 0 Å². The van der Waals surface area contributed by atoms with Gasteiger partial charge in [0.15, 0.2) is 5.69 Å². The highest BCUT2D eigenvalue weighted by atomic mass is 79.9. The van der Waals surface area contributed by atoms with Gasteiger partial charge in [-0.2, -0.15) is 5.10 Å². The Morgan fingerprint density at radius 3 is 2.74 bits per heavy atom. The average molecular weight is 323 g/mol. The van der Waals surface area contributed by atoms with Gasteiger partial charge >= 0.3 is 0 Å². The lowest BCUT2D eigenvalue weighted by molar-refractivity contribution is 0.0779. The van der Waals surface area contributed by atoms with Crippen molar-refractivity contribution in [3.8, 4) is 0 Å². The van der Waals surface area contributed by atoms with Crippen molar-refractivity contribution in [3.05, 3.63) is 46.2 Å². The number of anilines is 1. The zero-order valence-electron chi connectivity index (χ0n) is 10.8. The van der Waals surface area contributed by atoms with E-state index in [1.807, 2.05) is 24.3 Å². The maximum Gasteiger partial charge on any atom is 0.276 e. The number of hydrogen-bond acceptors (Lipinski definition) is 3. The van der Waals surface area contributed by atoms with Crippen molar-refractivity contribution in [2.75, 3.05) is 12.8 Å². The van der Waals surface area contributed by atoms with Crippen molar-refractivity contribution in [2.24, 2.45) is 7.05 Å². The predicted octanol–water partition coefficient (Wildman–Crippen LogP) is 2.04. The quantitative estimate of drug-likeness (QED) is 0.940. The fourth-order valence-electron chi connectivity index (χ4n) is 1.81. The van der Waals surface area contributed by atoms with Gasteiger partial charge in [0.2, 0.25) is 0 Å². The summed E-state index contributed by atoms with van der Waals surface area (Å²) in [5, 5.41) is 4.08. The Kier molecular flexibility index (Phi) is 3.90. The summed E-state index contributed by atoms with van der Waals surface area (Å²) in [6.45, 7) is 0.496. The largest absolute Gasteiger partial charge is 0.396 e. The molecule has 0 unspecified atom stereocenters. The van der Waals surface area contributed by atoms with Crippen molar-refractivity contribution in [1.82, 2.24) is 14.7 Å². The number of hydrogen-bond donors (Lipinski definition) is 1. The molecule has 1 aromatic carbocycles. The summed E-state index contributed by atoms with van der Waals surface area (Å²) in [5.41, 5.74) is 7.48. The van der Waals surface area contributed by atoms with Crippen LogP contribution in [0.1, 0.15) is 16.1 Å². The Balaban J connectivity index is 2.16. The Morgan fingerprint density at radius 2 is 2.16 bits per heavy atom. The molecule has 0 fully saturated rings. The Bertz CT molecular complexity index is 608.